The van der Waals surface area contributed by atoms with Crippen molar-refractivity contribution in [3.05, 3.63) is 68.4 Å². The van der Waals surface area contributed by atoms with Gasteiger partial charge in [0.25, 0.3) is 0 Å². The van der Waals surface area contributed by atoms with Crippen LogP contribution in [0, 0.1) is 4.77 Å². The highest BCUT2D eigenvalue weighted by atomic mass is 79.9. The molecule has 1 heterocycles. The third-order valence-corrected chi connectivity index (χ3v) is 4.10. The molecular formula is C15H11BrClN3S. The first-order valence-electron chi connectivity index (χ1n) is 6.29. The number of aromatic nitrogens is 3. The number of nitrogens with zero attached hydrogens (tertiary/aromatic N) is 2. The lowest BCUT2D eigenvalue weighted by atomic mass is 10.2. The fourth-order valence-corrected chi connectivity index (χ4v) is 2.70. The van der Waals surface area contributed by atoms with E-state index in [-0.39, 0.29) is 0 Å². The molecule has 106 valence electrons. The maximum atomic E-state index is 6.00. The Morgan fingerprint density at radius 1 is 1.19 bits per heavy atom. The van der Waals surface area contributed by atoms with Crippen molar-refractivity contribution >= 4 is 39.7 Å². The van der Waals surface area contributed by atoms with Gasteiger partial charge in [0, 0.05) is 15.1 Å². The summed E-state index contributed by atoms with van der Waals surface area (Å²) >= 11 is 14.7. The van der Waals surface area contributed by atoms with Gasteiger partial charge in [-0.05, 0) is 42.0 Å². The predicted molar refractivity (Wildman–Crippen MR) is 91.1 cm³/mol. The highest BCUT2D eigenvalue weighted by Crippen LogP contribution is 2.19. The molecule has 0 spiro atoms. The monoisotopic (exact) mass is 379 g/mol. The van der Waals surface area contributed by atoms with Gasteiger partial charge in [-0.3, -0.25) is 9.78 Å². The van der Waals surface area contributed by atoms with Gasteiger partial charge in [0.05, 0.1) is 6.54 Å². The molecule has 3 nitrogen and oxygen atoms in total. The van der Waals surface area contributed by atoms with Crippen LogP contribution in [-0.2, 0) is 6.54 Å². The highest BCUT2D eigenvalue weighted by Gasteiger charge is 2.06. The molecule has 1 aromatic heterocycles. The second-order valence-electron chi connectivity index (χ2n) is 4.58. The zero-order chi connectivity index (χ0) is 14.8. The molecule has 0 atom stereocenters. The van der Waals surface area contributed by atoms with Gasteiger partial charge in [0.15, 0.2) is 5.82 Å². The Kier molecular flexibility index (Phi) is 4.24. The van der Waals surface area contributed by atoms with Crippen LogP contribution in [0.25, 0.3) is 11.4 Å². The number of H-pyrrole nitrogens is 1. The molecule has 0 amide bonds. The fraction of sp³-hybridized carbons (Fsp3) is 0.0667. The van der Waals surface area contributed by atoms with Gasteiger partial charge in [0.2, 0.25) is 4.77 Å². The van der Waals surface area contributed by atoms with Gasteiger partial charge in [-0.25, -0.2) is 0 Å². The fourth-order valence-electron chi connectivity index (χ4n) is 2.02. The average Bonchev–Trinajstić information content (AvgIpc) is 2.81. The Balaban J connectivity index is 1.91. The first-order valence-corrected chi connectivity index (χ1v) is 7.87. The summed E-state index contributed by atoms with van der Waals surface area (Å²) in [4.78, 5) is 4.40. The quantitative estimate of drug-likeness (QED) is 0.643. The van der Waals surface area contributed by atoms with Crippen LogP contribution in [0.5, 0.6) is 0 Å². The van der Waals surface area contributed by atoms with Crippen LogP contribution in [0.1, 0.15) is 5.56 Å². The third-order valence-electron chi connectivity index (χ3n) is 3.03. The standard InChI is InChI=1S/C15H11BrClN3S/c16-12-6-4-11(5-7-12)14-18-15(21)20(19-14)9-10-2-1-3-13(17)8-10/h1-8H,9H2,(H,18,19,21). The van der Waals surface area contributed by atoms with Crippen molar-refractivity contribution in [3.8, 4) is 11.4 Å². The summed E-state index contributed by atoms with van der Waals surface area (Å²) in [5, 5.41) is 3.94. The van der Waals surface area contributed by atoms with E-state index in [9.17, 15) is 0 Å². The van der Waals surface area contributed by atoms with Crippen molar-refractivity contribution in [2.45, 2.75) is 6.54 Å². The van der Waals surface area contributed by atoms with Crippen LogP contribution in [-0.4, -0.2) is 14.8 Å². The minimum absolute atomic E-state index is 0.521. The van der Waals surface area contributed by atoms with Gasteiger partial charge in [-0.2, -0.15) is 4.98 Å². The molecule has 0 bridgehead atoms. The Bertz CT molecular complexity index is 823. The Morgan fingerprint density at radius 3 is 2.67 bits per heavy atom. The van der Waals surface area contributed by atoms with E-state index >= 15 is 0 Å². The number of halogens is 2. The molecule has 0 fully saturated rings. The molecule has 0 aliphatic carbocycles. The van der Waals surface area contributed by atoms with E-state index in [0.717, 1.165) is 21.4 Å². The van der Waals surface area contributed by atoms with E-state index in [1.807, 2.05) is 53.2 Å². The number of rotatable bonds is 3. The zero-order valence-electron chi connectivity index (χ0n) is 10.9. The summed E-state index contributed by atoms with van der Waals surface area (Å²) in [5.74, 6) is 0.759. The van der Waals surface area contributed by atoms with Gasteiger partial charge >= 0.3 is 0 Å². The Labute approximate surface area is 140 Å². The van der Waals surface area contributed by atoms with Crippen molar-refractivity contribution < 1.29 is 0 Å². The molecule has 0 radical (unpaired) electrons. The van der Waals surface area contributed by atoms with E-state index in [0.29, 0.717) is 16.3 Å². The minimum Gasteiger partial charge on any atom is -0.279 e. The number of hydrogen-bond donors (Lipinski definition) is 1. The summed E-state index contributed by atoms with van der Waals surface area (Å²) in [5.41, 5.74) is 2.07. The molecule has 3 aromatic rings. The summed E-state index contributed by atoms with van der Waals surface area (Å²) in [6, 6.07) is 15.6. The molecule has 0 aliphatic heterocycles. The topological polar surface area (TPSA) is 33.6 Å². The summed E-state index contributed by atoms with van der Waals surface area (Å²) < 4.78 is 3.38. The van der Waals surface area contributed by atoms with Crippen molar-refractivity contribution in [2.24, 2.45) is 0 Å². The first-order chi connectivity index (χ1) is 10.1. The molecule has 2 aromatic carbocycles. The largest absolute Gasteiger partial charge is 0.279 e. The van der Waals surface area contributed by atoms with Gasteiger partial charge in [0.1, 0.15) is 0 Å². The normalized spacial score (nSPS) is 10.8. The highest BCUT2D eigenvalue weighted by molar-refractivity contribution is 9.10. The van der Waals surface area contributed by atoms with Crippen LogP contribution >= 0.6 is 39.7 Å². The lowest BCUT2D eigenvalue weighted by Gasteiger charge is -2.03. The summed E-state index contributed by atoms with van der Waals surface area (Å²) in [6.45, 7) is 0.614. The average molecular weight is 381 g/mol. The number of nitrogens with one attached hydrogen (secondary N) is 1. The van der Waals surface area contributed by atoms with Crippen LogP contribution in [0.15, 0.2) is 53.0 Å². The smallest absolute Gasteiger partial charge is 0.216 e. The predicted octanol–water partition coefficient (Wildman–Crippen LogP) is 5.07. The summed E-state index contributed by atoms with van der Waals surface area (Å²) in [7, 11) is 0. The maximum absolute atomic E-state index is 6.00. The molecule has 0 aliphatic rings. The molecule has 0 saturated heterocycles. The first kappa shape index (κ1) is 14.5. The van der Waals surface area contributed by atoms with E-state index < -0.39 is 0 Å². The molecule has 0 saturated carbocycles. The Morgan fingerprint density at radius 2 is 1.95 bits per heavy atom. The second-order valence-corrected chi connectivity index (χ2v) is 6.30. The SMILES string of the molecule is S=c1nc(-c2ccc(Br)cc2)[nH]n1Cc1cccc(Cl)c1. The van der Waals surface area contributed by atoms with Crippen LogP contribution in [0.2, 0.25) is 5.02 Å². The molecule has 3 rings (SSSR count). The van der Waals surface area contributed by atoms with Crippen LogP contribution in [0.3, 0.4) is 0 Å². The zero-order valence-corrected chi connectivity index (χ0v) is 14.0. The summed E-state index contributed by atoms with van der Waals surface area (Å²) in [6.07, 6.45) is 0. The van der Waals surface area contributed by atoms with Crippen molar-refractivity contribution in [1.29, 1.82) is 0 Å². The van der Waals surface area contributed by atoms with Crippen molar-refractivity contribution in [3.63, 3.8) is 0 Å². The molecule has 21 heavy (non-hydrogen) atoms. The molecule has 0 unspecified atom stereocenters. The van der Waals surface area contributed by atoms with Crippen molar-refractivity contribution in [2.75, 3.05) is 0 Å². The van der Waals surface area contributed by atoms with E-state index in [2.05, 4.69) is 26.0 Å². The Hall–Kier alpha value is -1.43. The van der Waals surface area contributed by atoms with E-state index in [1.54, 1.807) is 0 Å². The number of benzene rings is 2. The second kappa shape index (κ2) is 6.13. The maximum Gasteiger partial charge on any atom is 0.216 e. The number of aromatic amines is 1. The minimum atomic E-state index is 0.521. The van der Waals surface area contributed by atoms with Gasteiger partial charge in [-0.15, -0.1) is 0 Å². The lowest BCUT2D eigenvalue weighted by Crippen LogP contribution is -2.01. The molecular weight excluding hydrogens is 370 g/mol. The van der Waals surface area contributed by atoms with Gasteiger partial charge < -0.3 is 0 Å². The number of hydrogen-bond acceptors (Lipinski definition) is 2. The van der Waals surface area contributed by atoms with Crippen LogP contribution in [0.4, 0.5) is 0 Å². The molecule has 6 heteroatoms. The molecule has 1 N–H and O–H groups in total. The van der Waals surface area contributed by atoms with Gasteiger partial charge in [-0.1, -0.05) is 51.8 Å². The van der Waals surface area contributed by atoms with E-state index in [1.165, 1.54) is 0 Å². The van der Waals surface area contributed by atoms with Crippen molar-refractivity contribution in [1.82, 2.24) is 14.8 Å². The van der Waals surface area contributed by atoms with Crippen LogP contribution < -0.4 is 0 Å². The third kappa shape index (κ3) is 3.43. The van der Waals surface area contributed by atoms with E-state index in [4.69, 9.17) is 23.8 Å². The lowest BCUT2D eigenvalue weighted by molar-refractivity contribution is 0.677.